The number of hydrogen-bond acceptors (Lipinski definition) is 1. The van der Waals surface area contributed by atoms with Crippen LogP contribution in [-0.2, 0) is 0 Å². The quantitative estimate of drug-likeness (QED) is 0.356. The third kappa shape index (κ3) is 9.01. The first-order valence-electron chi connectivity index (χ1n) is 5.63. The molecule has 0 saturated carbocycles. The summed E-state index contributed by atoms with van der Waals surface area (Å²) in [5.74, 6) is 0. The minimum atomic E-state index is 1.22. The Hall–Kier alpha value is 0.690. The van der Waals surface area contributed by atoms with Crippen molar-refractivity contribution in [2.75, 3.05) is 24.1 Å². The lowest BCUT2D eigenvalue weighted by Gasteiger charge is -2.18. The molecule has 0 aliphatic carbocycles. The van der Waals surface area contributed by atoms with Crippen LogP contribution < -0.4 is 0 Å². The largest absolute Gasteiger partial charge is 0.303 e. The highest BCUT2D eigenvalue weighted by atomic mass is 127. The summed E-state index contributed by atoms with van der Waals surface area (Å²) in [5.41, 5.74) is 0. The Balaban J connectivity index is 3.17. The van der Waals surface area contributed by atoms with Crippen LogP contribution in [0.25, 0.3) is 0 Å². The third-order valence-electron chi connectivity index (χ3n) is 2.43. The molecule has 0 radical (unpaired) electrons. The summed E-state index contributed by atoms with van der Waals surface area (Å²) in [6, 6.07) is 0. The SMILES string of the molecule is CCCCCCCN(CC)CCI. The van der Waals surface area contributed by atoms with Gasteiger partial charge in [0.15, 0.2) is 0 Å². The van der Waals surface area contributed by atoms with Gasteiger partial charge in [0.1, 0.15) is 0 Å². The molecule has 0 atom stereocenters. The van der Waals surface area contributed by atoms with E-state index in [9.17, 15) is 0 Å². The van der Waals surface area contributed by atoms with Gasteiger partial charge in [-0.25, -0.2) is 0 Å². The predicted octanol–water partition coefficient (Wildman–Crippen LogP) is 3.71. The van der Waals surface area contributed by atoms with E-state index >= 15 is 0 Å². The molecule has 0 aliphatic heterocycles. The fraction of sp³-hybridized carbons (Fsp3) is 1.00. The molecule has 0 aromatic carbocycles. The van der Waals surface area contributed by atoms with Gasteiger partial charge < -0.3 is 4.90 Å². The lowest BCUT2D eigenvalue weighted by molar-refractivity contribution is 0.299. The van der Waals surface area contributed by atoms with E-state index in [0.717, 1.165) is 0 Å². The second-order valence-electron chi connectivity index (χ2n) is 3.54. The fourth-order valence-electron chi connectivity index (χ4n) is 1.49. The molecular weight excluding hydrogens is 273 g/mol. The lowest BCUT2D eigenvalue weighted by atomic mass is 10.1. The van der Waals surface area contributed by atoms with Gasteiger partial charge in [-0.3, -0.25) is 0 Å². The van der Waals surface area contributed by atoms with Crippen molar-refractivity contribution >= 4 is 22.6 Å². The average molecular weight is 297 g/mol. The molecule has 80 valence electrons. The summed E-state index contributed by atoms with van der Waals surface area (Å²) in [7, 11) is 0. The van der Waals surface area contributed by atoms with Gasteiger partial charge in [-0.1, -0.05) is 62.1 Å². The molecule has 0 aromatic rings. The van der Waals surface area contributed by atoms with Gasteiger partial charge in [0.2, 0.25) is 0 Å². The van der Waals surface area contributed by atoms with Crippen molar-refractivity contribution in [3.05, 3.63) is 0 Å². The molecule has 0 aromatic heterocycles. The van der Waals surface area contributed by atoms with Crippen LogP contribution in [0.15, 0.2) is 0 Å². The Morgan fingerprint density at radius 3 is 2.15 bits per heavy atom. The van der Waals surface area contributed by atoms with E-state index in [1.54, 1.807) is 0 Å². The molecule has 0 saturated heterocycles. The maximum Gasteiger partial charge on any atom is 0.0123 e. The normalized spacial score (nSPS) is 11.1. The number of halogens is 1. The first-order valence-corrected chi connectivity index (χ1v) is 7.16. The monoisotopic (exact) mass is 297 g/mol. The molecule has 0 N–H and O–H groups in total. The van der Waals surface area contributed by atoms with Crippen LogP contribution in [0.4, 0.5) is 0 Å². The van der Waals surface area contributed by atoms with Crippen LogP contribution in [-0.4, -0.2) is 29.0 Å². The van der Waals surface area contributed by atoms with Crippen molar-refractivity contribution in [3.63, 3.8) is 0 Å². The van der Waals surface area contributed by atoms with E-state index in [4.69, 9.17) is 0 Å². The zero-order chi connectivity index (χ0) is 9.94. The maximum atomic E-state index is 2.55. The molecule has 0 rings (SSSR count). The van der Waals surface area contributed by atoms with E-state index in [1.165, 1.54) is 56.2 Å². The van der Waals surface area contributed by atoms with Crippen LogP contribution in [0.3, 0.4) is 0 Å². The average Bonchev–Trinajstić information content (AvgIpc) is 2.16. The topological polar surface area (TPSA) is 3.24 Å². The summed E-state index contributed by atoms with van der Waals surface area (Å²) in [4.78, 5) is 2.55. The molecule has 1 nitrogen and oxygen atoms in total. The first-order chi connectivity index (χ1) is 6.35. The first kappa shape index (κ1) is 13.7. The van der Waals surface area contributed by atoms with Crippen molar-refractivity contribution < 1.29 is 0 Å². The minimum Gasteiger partial charge on any atom is -0.303 e. The zero-order valence-corrected chi connectivity index (χ0v) is 11.3. The van der Waals surface area contributed by atoms with Crippen molar-refractivity contribution in [1.29, 1.82) is 0 Å². The standard InChI is InChI=1S/C11H24IN/c1-3-5-6-7-8-10-13(4-2)11-9-12/h3-11H2,1-2H3. The van der Waals surface area contributed by atoms with Gasteiger partial charge >= 0.3 is 0 Å². The van der Waals surface area contributed by atoms with E-state index in [1.807, 2.05) is 0 Å². The molecule has 0 aliphatic rings. The molecular formula is C11H24IN. The van der Waals surface area contributed by atoms with E-state index in [2.05, 4.69) is 41.3 Å². The summed E-state index contributed by atoms with van der Waals surface area (Å²) < 4.78 is 1.26. The van der Waals surface area contributed by atoms with Crippen molar-refractivity contribution in [3.8, 4) is 0 Å². The van der Waals surface area contributed by atoms with Crippen molar-refractivity contribution in [2.45, 2.75) is 46.0 Å². The van der Waals surface area contributed by atoms with Gasteiger partial charge in [0.25, 0.3) is 0 Å². The summed E-state index contributed by atoms with van der Waals surface area (Å²) in [6.45, 7) is 8.33. The molecule has 2 heteroatoms. The Kier molecular flexibility index (Phi) is 11.3. The second-order valence-corrected chi connectivity index (χ2v) is 4.62. The molecule has 0 heterocycles. The molecule has 0 amide bonds. The van der Waals surface area contributed by atoms with E-state index < -0.39 is 0 Å². The van der Waals surface area contributed by atoms with Gasteiger partial charge in [0.05, 0.1) is 0 Å². The van der Waals surface area contributed by atoms with Crippen LogP contribution in [0, 0.1) is 0 Å². The Morgan fingerprint density at radius 2 is 1.62 bits per heavy atom. The fourth-order valence-corrected chi connectivity index (χ4v) is 2.17. The van der Waals surface area contributed by atoms with E-state index in [0.29, 0.717) is 0 Å². The summed E-state index contributed by atoms with van der Waals surface area (Å²) in [5, 5.41) is 0. The van der Waals surface area contributed by atoms with Crippen LogP contribution >= 0.6 is 22.6 Å². The molecule has 0 bridgehead atoms. The second kappa shape index (κ2) is 10.8. The minimum absolute atomic E-state index is 1.22. The molecule has 0 fully saturated rings. The van der Waals surface area contributed by atoms with Crippen LogP contribution in [0.1, 0.15) is 46.0 Å². The van der Waals surface area contributed by atoms with Crippen molar-refractivity contribution in [2.24, 2.45) is 0 Å². The van der Waals surface area contributed by atoms with Gasteiger partial charge in [-0.05, 0) is 19.5 Å². The highest BCUT2D eigenvalue weighted by Gasteiger charge is 1.99. The van der Waals surface area contributed by atoms with E-state index in [-0.39, 0.29) is 0 Å². The predicted molar refractivity (Wildman–Crippen MR) is 69.8 cm³/mol. The third-order valence-corrected chi connectivity index (χ3v) is 2.91. The van der Waals surface area contributed by atoms with Crippen LogP contribution in [0.5, 0.6) is 0 Å². The Bertz CT molecular complexity index is 96.1. The number of unbranched alkanes of at least 4 members (excludes halogenated alkanes) is 4. The summed E-state index contributed by atoms with van der Waals surface area (Å²) in [6.07, 6.45) is 7.01. The van der Waals surface area contributed by atoms with Gasteiger partial charge in [-0.15, -0.1) is 0 Å². The maximum absolute atomic E-state index is 2.55. The molecule has 13 heavy (non-hydrogen) atoms. The molecule has 0 unspecified atom stereocenters. The number of nitrogens with zero attached hydrogens (tertiary/aromatic N) is 1. The zero-order valence-electron chi connectivity index (χ0n) is 9.19. The van der Waals surface area contributed by atoms with Gasteiger partial charge in [0, 0.05) is 11.0 Å². The Labute approximate surface area is 97.4 Å². The van der Waals surface area contributed by atoms with Crippen LogP contribution in [0.2, 0.25) is 0 Å². The number of rotatable bonds is 9. The Morgan fingerprint density at radius 1 is 0.923 bits per heavy atom. The smallest absolute Gasteiger partial charge is 0.0123 e. The van der Waals surface area contributed by atoms with Gasteiger partial charge in [-0.2, -0.15) is 0 Å². The number of hydrogen-bond donors (Lipinski definition) is 0. The highest BCUT2D eigenvalue weighted by molar-refractivity contribution is 14.1. The highest BCUT2D eigenvalue weighted by Crippen LogP contribution is 2.04. The number of alkyl halides is 1. The van der Waals surface area contributed by atoms with Crippen molar-refractivity contribution in [1.82, 2.24) is 4.90 Å². The molecule has 0 spiro atoms. The lowest BCUT2D eigenvalue weighted by Crippen LogP contribution is -2.26. The summed E-state index contributed by atoms with van der Waals surface area (Å²) >= 11 is 2.46.